The molecule has 0 amide bonds. The number of hydrogen-bond donors (Lipinski definition) is 0. The van der Waals surface area contributed by atoms with E-state index in [2.05, 4.69) is 11.8 Å². The van der Waals surface area contributed by atoms with Crippen LogP contribution in [0.4, 0.5) is 13.2 Å². The van der Waals surface area contributed by atoms with Crippen LogP contribution in [-0.2, 0) is 6.42 Å². The van der Waals surface area contributed by atoms with Gasteiger partial charge in [0.2, 0.25) is 0 Å². The molecule has 4 heteroatoms. The molecule has 0 atom stereocenters. The van der Waals surface area contributed by atoms with Gasteiger partial charge in [-0.05, 0) is 47.9 Å². The number of ether oxygens (including phenoxy) is 1. The maximum Gasteiger partial charge on any atom is 0.174 e. The van der Waals surface area contributed by atoms with Gasteiger partial charge in [0.15, 0.2) is 11.6 Å². The van der Waals surface area contributed by atoms with Crippen molar-refractivity contribution < 1.29 is 17.9 Å². The van der Waals surface area contributed by atoms with E-state index in [1.54, 1.807) is 43.3 Å². The molecule has 0 N–H and O–H groups in total. The van der Waals surface area contributed by atoms with Crippen LogP contribution in [0.5, 0.6) is 5.75 Å². The second-order valence-electron chi connectivity index (χ2n) is 5.93. The summed E-state index contributed by atoms with van der Waals surface area (Å²) in [6, 6.07) is 14.5. The Morgan fingerprint density at radius 1 is 0.852 bits per heavy atom. The van der Waals surface area contributed by atoms with Crippen molar-refractivity contribution in [3.05, 3.63) is 88.7 Å². The van der Waals surface area contributed by atoms with Crippen LogP contribution in [-0.4, -0.2) is 7.11 Å². The zero-order valence-electron chi connectivity index (χ0n) is 14.9. The largest absolute Gasteiger partial charge is 0.497 e. The Morgan fingerprint density at radius 2 is 1.59 bits per heavy atom. The standard InChI is InChI=1S/C23H17F3O/c1-3-16-10-11-18(23(26)22(16)25)9-6-15-4-7-17(8-5-15)20-13-12-19(27-2)14-21(20)24/h4-5,7-8,10-14H,3H2,1-2H3. The van der Waals surface area contributed by atoms with Crippen LogP contribution < -0.4 is 4.74 Å². The molecule has 0 saturated carbocycles. The van der Waals surface area contributed by atoms with Gasteiger partial charge in [-0.3, -0.25) is 0 Å². The van der Waals surface area contributed by atoms with Crippen LogP contribution in [0.25, 0.3) is 11.1 Å². The number of benzene rings is 3. The second-order valence-corrected chi connectivity index (χ2v) is 5.93. The van der Waals surface area contributed by atoms with Crippen molar-refractivity contribution in [3.8, 4) is 28.7 Å². The minimum Gasteiger partial charge on any atom is -0.497 e. The molecule has 3 aromatic carbocycles. The van der Waals surface area contributed by atoms with Gasteiger partial charge in [-0.2, -0.15) is 0 Å². The van der Waals surface area contributed by atoms with E-state index in [1.165, 1.54) is 25.3 Å². The first kappa shape index (κ1) is 18.6. The summed E-state index contributed by atoms with van der Waals surface area (Å²) in [4.78, 5) is 0. The average Bonchev–Trinajstić information content (AvgIpc) is 2.69. The molecular formula is C23H17F3O. The van der Waals surface area contributed by atoms with Crippen molar-refractivity contribution >= 4 is 0 Å². The highest BCUT2D eigenvalue weighted by Gasteiger charge is 2.10. The summed E-state index contributed by atoms with van der Waals surface area (Å²) in [7, 11) is 1.48. The predicted octanol–water partition coefficient (Wildman–Crippen LogP) is 5.74. The van der Waals surface area contributed by atoms with Crippen LogP contribution in [0.2, 0.25) is 0 Å². The van der Waals surface area contributed by atoms with Gasteiger partial charge < -0.3 is 4.74 Å². The minimum atomic E-state index is -0.932. The molecule has 0 spiro atoms. The molecule has 0 aliphatic heterocycles. The maximum absolute atomic E-state index is 14.2. The second kappa shape index (κ2) is 8.01. The van der Waals surface area contributed by atoms with Gasteiger partial charge >= 0.3 is 0 Å². The van der Waals surface area contributed by atoms with Gasteiger partial charge in [0, 0.05) is 17.2 Å². The monoisotopic (exact) mass is 366 g/mol. The number of methoxy groups -OCH3 is 1. The summed E-state index contributed by atoms with van der Waals surface area (Å²) in [5.74, 6) is 3.73. The van der Waals surface area contributed by atoms with Gasteiger partial charge in [0.1, 0.15) is 11.6 Å². The van der Waals surface area contributed by atoms with Crippen LogP contribution in [0.15, 0.2) is 54.6 Å². The normalized spacial score (nSPS) is 10.3. The van der Waals surface area contributed by atoms with E-state index >= 15 is 0 Å². The van der Waals surface area contributed by atoms with Crippen LogP contribution in [0.3, 0.4) is 0 Å². The van der Waals surface area contributed by atoms with E-state index in [0.29, 0.717) is 34.4 Å². The molecule has 0 heterocycles. The van der Waals surface area contributed by atoms with Crippen molar-refractivity contribution in [2.45, 2.75) is 13.3 Å². The molecule has 0 fully saturated rings. The molecular weight excluding hydrogens is 349 g/mol. The third kappa shape index (κ3) is 3.98. The lowest BCUT2D eigenvalue weighted by atomic mass is 10.0. The average molecular weight is 366 g/mol. The molecule has 0 aliphatic carbocycles. The van der Waals surface area contributed by atoms with Crippen molar-refractivity contribution in [1.82, 2.24) is 0 Å². The van der Waals surface area contributed by atoms with Gasteiger partial charge in [0.25, 0.3) is 0 Å². The van der Waals surface area contributed by atoms with Crippen LogP contribution in [0, 0.1) is 29.3 Å². The quantitative estimate of drug-likeness (QED) is 0.537. The molecule has 3 aromatic rings. The molecule has 0 unspecified atom stereocenters. The Labute approximate surface area is 156 Å². The van der Waals surface area contributed by atoms with E-state index in [0.717, 1.165) is 0 Å². The molecule has 3 rings (SSSR count). The zero-order chi connectivity index (χ0) is 19.4. The Kier molecular flexibility index (Phi) is 5.52. The summed E-state index contributed by atoms with van der Waals surface area (Å²) >= 11 is 0. The number of aryl methyl sites for hydroxylation is 1. The number of rotatable bonds is 3. The third-order valence-corrected chi connectivity index (χ3v) is 4.26. The first-order valence-corrected chi connectivity index (χ1v) is 8.46. The fourth-order valence-electron chi connectivity index (χ4n) is 2.69. The van der Waals surface area contributed by atoms with Crippen molar-refractivity contribution in [1.29, 1.82) is 0 Å². The zero-order valence-corrected chi connectivity index (χ0v) is 14.9. The van der Waals surface area contributed by atoms with Crippen molar-refractivity contribution in [3.63, 3.8) is 0 Å². The van der Waals surface area contributed by atoms with E-state index in [9.17, 15) is 13.2 Å². The number of halogens is 3. The molecule has 27 heavy (non-hydrogen) atoms. The summed E-state index contributed by atoms with van der Waals surface area (Å²) in [6.45, 7) is 1.76. The first-order valence-electron chi connectivity index (χ1n) is 8.46. The molecule has 0 bridgehead atoms. The lowest BCUT2D eigenvalue weighted by Crippen LogP contribution is -1.96. The van der Waals surface area contributed by atoms with E-state index in [1.807, 2.05) is 0 Å². The van der Waals surface area contributed by atoms with Crippen LogP contribution >= 0.6 is 0 Å². The van der Waals surface area contributed by atoms with Crippen molar-refractivity contribution in [2.75, 3.05) is 7.11 Å². The molecule has 0 aliphatic rings. The SMILES string of the molecule is CCc1ccc(C#Cc2ccc(-c3ccc(OC)cc3F)cc2)c(F)c1F. The summed E-state index contributed by atoms with van der Waals surface area (Å²) in [5, 5.41) is 0. The van der Waals surface area contributed by atoms with Crippen molar-refractivity contribution in [2.24, 2.45) is 0 Å². The Bertz CT molecular complexity index is 1030. The molecule has 0 aromatic heterocycles. The highest BCUT2D eigenvalue weighted by atomic mass is 19.2. The maximum atomic E-state index is 14.2. The van der Waals surface area contributed by atoms with E-state index in [-0.39, 0.29) is 11.4 Å². The predicted molar refractivity (Wildman–Crippen MR) is 100 cm³/mol. The Balaban J connectivity index is 1.86. The highest BCUT2D eigenvalue weighted by molar-refractivity contribution is 5.66. The Hall–Kier alpha value is -3.19. The minimum absolute atomic E-state index is 0.00924. The lowest BCUT2D eigenvalue weighted by molar-refractivity contribution is 0.411. The van der Waals surface area contributed by atoms with Crippen LogP contribution in [0.1, 0.15) is 23.6 Å². The molecule has 1 nitrogen and oxygen atoms in total. The van der Waals surface area contributed by atoms with Gasteiger partial charge in [-0.25, -0.2) is 13.2 Å². The fourth-order valence-corrected chi connectivity index (χ4v) is 2.69. The Morgan fingerprint density at radius 3 is 2.22 bits per heavy atom. The lowest BCUT2D eigenvalue weighted by Gasteiger charge is -2.06. The molecule has 136 valence electrons. The van der Waals surface area contributed by atoms with E-state index < -0.39 is 11.6 Å². The summed E-state index contributed by atoms with van der Waals surface area (Å²) in [5.41, 5.74) is 2.08. The topological polar surface area (TPSA) is 9.23 Å². The fraction of sp³-hybridized carbons (Fsp3) is 0.130. The third-order valence-electron chi connectivity index (χ3n) is 4.26. The van der Waals surface area contributed by atoms with E-state index in [4.69, 9.17) is 4.74 Å². The van der Waals surface area contributed by atoms with Gasteiger partial charge in [-0.15, -0.1) is 0 Å². The summed E-state index contributed by atoms with van der Waals surface area (Å²) < 4.78 is 47.0. The highest BCUT2D eigenvalue weighted by Crippen LogP contribution is 2.26. The summed E-state index contributed by atoms with van der Waals surface area (Å²) in [6.07, 6.45) is 0.417. The first-order chi connectivity index (χ1) is 13.0. The molecule has 0 saturated heterocycles. The number of hydrogen-bond acceptors (Lipinski definition) is 1. The molecule has 0 radical (unpaired) electrons. The smallest absolute Gasteiger partial charge is 0.174 e. The van der Waals surface area contributed by atoms with Gasteiger partial charge in [-0.1, -0.05) is 37.0 Å². The van der Waals surface area contributed by atoms with Gasteiger partial charge in [0.05, 0.1) is 12.7 Å².